The molecule has 0 fully saturated rings. The van der Waals surface area contributed by atoms with E-state index in [4.69, 9.17) is 4.98 Å². The maximum Gasteiger partial charge on any atom is 0.251 e. The minimum Gasteiger partial charge on any atom is -0.342 e. The second-order valence-corrected chi connectivity index (χ2v) is 6.94. The van der Waals surface area contributed by atoms with E-state index in [0.29, 0.717) is 18.5 Å². The fraction of sp³-hybridized carbons (Fsp3) is 0.120. The first kappa shape index (κ1) is 18.7. The Morgan fingerprint density at radius 3 is 2.34 bits per heavy atom. The first-order valence-corrected chi connectivity index (χ1v) is 9.72. The molecule has 0 radical (unpaired) electrons. The van der Waals surface area contributed by atoms with Crippen molar-refractivity contribution in [3.05, 3.63) is 115 Å². The third-order valence-corrected chi connectivity index (χ3v) is 4.93. The van der Waals surface area contributed by atoms with Crippen LogP contribution >= 0.6 is 0 Å². The van der Waals surface area contributed by atoms with Crippen LogP contribution in [-0.4, -0.2) is 15.5 Å². The number of fused-ring (bicyclic) bond motifs is 1. The summed E-state index contributed by atoms with van der Waals surface area (Å²) in [5.74, 6) is 0.725. The van der Waals surface area contributed by atoms with E-state index in [1.165, 1.54) is 0 Å². The van der Waals surface area contributed by atoms with Gasteiger partial charge in [0.1, 0.15) is 5.82 Å². The summed E-state index contributed by atoms with van der Waals surface area (Å²) in [4.78, 5) is 17.8. The fourth-order valence-electron chi connectivity index (χ4n) is 3.57. The molecular weight excluding hydrogens is 358 g/mol. The number of imidazole rings is 1. The number of allylic oxidation sites excluding steroid dienone is 1. The normalized spacial score (nSPS) is 11.9. The Kier molecular flexibility index (Phi) is 5.52. The average molecular weight is 381 g/mol. The van der Waals surface area contributed by atoms with Crippen molar-refractivity contribution in [3.8, 4) is 0 Å². The molecule has 4 nitrogen and oxygen atoms in total. The van der Waals surface area contributed by atoms with Crippen LogP contribution in [0.3, 0.4) is 0 Å². The molecule has 0 bridgehead atoms. The number of para-hydroxylation sites is 2. The Bertz CT molecular complexity index is 1120. The van der Waals surface area contributed by atoms with Gasteiger partial charge in [-0.2, -0.15) is 0 Å². The number of carbonyl (C=O) groups excluding carboxylic acids is 1. The fourth-order valence-corrected chi connectivity index (χ4v) is 3.57. The first-order chi connectivity index (χ1) is 14.3. The van der Waals surface area contributed by atoms with E-state index < -0.39 is 0 Å². The van der Waals surface area contributed by atoms with Crippen molar-refractivity contribution in [1.29, 1.82) is 0 Å². The minimum atomic E-state index is -0.266. The molecule has 0 spiro atoms. The quantitative estimate of drug-likeness (QED) is 0.461. The van der Waals surface area contributed by atoms with Crippen LogP contribution in [0.15, 0.2) is 97.6 Å². The van der Waals surface area contributed by atoms with E-state index in [9.17, 15) is 4.79 Å². The van der Waals surface area contributed by atoms with Gasteiger partial charge in [-0.3, -0.25) is 4.79 Å². The molecule has 4 aromatic rings. The van der Waals surface area contributed by atoms with E-state index >= 15 is 0 Å². The third kappa shape index (κ3) is 4.11. The lowest BCUT2D eigenvalue weighted by Crippen LogP contribution is -2.32. The molecule has 0 aliphatic rings. The van der Waals surface area contributed by atoms with Crippen molar-refractivity contribution in [2.24, 2.45) is 0 Å². The van der Waals surface area contributed by atoms with E-state index in [2.05, 4.69) is 28.6 Å². The van der Waals surface area contributed by atoms with Gasteiger partial charge in [-0.25, -0.2) is 4.98 Å². The van der Waals surface area contributed by atoms with Crippen LogP contribution in [0, 0.1) is 0 Å². The monoisotopic (exact) mass is 381 g/mol. The number of hydrogen-bond acceptors (Lipinski definition) is 2. The Balaban J connectivity index is 1.75. The van der Waals surface area contributed by atoms with Crippen molar-refractivity contribution in [3.63, 3.8) is 0 Å². The minimum absolute atomic E-state index is 0.108. The van der Waals surface area contributed by atoms with Gasteiger partial charge < -0.3 is 9.88 Å². The predicted molar refractivity (Wildman–Crippen MR) is 117 cm³/mol. The molecule has 1 heterocycles. The molecule has 0 aliphatic carbocycles. The van der Waals surface area contributed by atoms with Crippen molar-refractivity contribution >= 4 is 16.9 Å². The zero-order valence-electron chi connectivity index (χ0n) is 16.2. The number of rotatable bonds is 7. The number of nitrogens with one attached hydrogen (secondary N) is 1. The van der Waals surface area contributed by atoms with Gasteiger partial charge in [0.05, 0.1) is 17.1 Å². The van der Waals surface area contributed by atoms with E-state index in [1.54, 1.807) is 0 Å². The number of nitrogens with zero attached hydrogens (tertiary/aromatic N) is 2. The zero-order valence-corrected chi connectivity index (χ0v) is 16.2. The summed E-state index contributed by atoms with van der Waals surface area (Å²) in [6.45, 7) is 4.53. The highest BCUT2D eigenvalue weighted by molar-refractivity contribution is 5.94. The number of carbonyl (C=O) groups is 1. The SMILES string of the molecule is C=CCn1c(C(Cc2ccccc2)NC(=O)c2ccccc2)nc2ccccc21. The predicted octanol–water partition coefficient (Wildman–Crippen LogP) is 4.94. The lowest BCUT2D eigenvalue weighted by atomic mass is 10.0. The molecule has 144 valence electrons. The van der Waals surface area contributed by atoms with Gasteiger partial charge in [0.25, 0.3) is 5.91 Å². The largest absolute Gasteiger partial charge is 0.342 e. The number of benzene rings is 3. The van der Waals surface area contributed by atoms with Gasteiger partial charge in [0.15, 0.2) is 0 Å². The molecule has 1 amide bonds. The number of hydrogen-bond donors (Lipinski definition) is 1. The van der Waals surface area contributed by atoms with Gasteiger partial charge in [-0.1, -0.05) is 66.7 Å². The molecule has 29 heavy (non-hydrogen) atoms. The van der Waals surface area contributed by atoms with Gasteiger partial charge in [-0.15, -0.1) is 6.58 Å². The van der Waals surface area contributed by atoms with Crippen LogP contribution in [0.25, 0.3) is 11.0 Å². The van der Waals surface area contributed by atoms with Crippen molar-refractivity contribution in [2.45, 2.75) is 19.0 Å². The van der Waals surface area contributed by atoms with E-state index in [0.717, 1.165) is 22.4 Å². The molecule has 1 aromatic heterocycles. The first-order valence-electron chi connectivity index (χ1n) is 9.72. The molecule has 3 aromatic carbocycles. The summed E-state index contributed by atoms with van der Waals surface area (Å²) < 4.78 is 2.13. The van der Waals surface area contributed by atoms with Crippen LogP contribution < -0.4 is 5.32 Å². The second kappa shape index (κ2) is 8.57. The van der Waals surface area contributed by atoms with Crippen LogP contribution in [-0.2, 0) is 13.0 Å². The van der Waals surface area contributed by atoms with Gasteiger partial charge >= 0.3 is 0 Å². The van der Waals surface area contributed by atoms with Gasteiger partial charge in [0.2, 0.25) is 0 Å². The Hall–Kier alpha value is -3.66. The van der Waals surface area contributed by atoms with E-state index in [1.807, 2.05) is 78.9 Å². The molecule has 4 rings (SSSR count). The molecule has 0 aliphatic heterocycles. The van der Waals surface area contributed by atoms with Crippen molar-refractivity contribution < 1.29 is 4.79 Å². The van der Waals surface area contributed by atoms with Crippen LogP contribution in [0.2, 0.25) is 0 Å². The van der Waals surface area contributed by atoms with Gasteiger partial charge in [0, 0.05) is 12.1 Å². The van der Waals surface area contributed by atoms with Crippen LogP contribution in [0.5, 0.6) is 0 Å². The third-order valence-electron chi connectivity index (χ3n) is 4.93. The number of amides is 1. The second-order valence-electron chi connectivity index (χ2n) is 6.94. The number of aromatic nitrogens is 2. The molecule has 1 unspecified atom stereocenters. The topological polar surface area (TPSA) is 46.9 Å². The zero-order chi connectivity index (χ0) is 20.1. The van der Waals surface area contributed by atoms with E-state index in [-0.39, 0.29) is 11.9 Å². The lowest BCUT2D eigenvalue weighted by molar-refractivity contribution is 0.0934. The van der Waals surface area contributed by atoms with Crippen LogP contribution in [0.4, 0.5) is 0 Å². The summed E-state index contributed by atoms with van der Waals surface area (Å²) in [5, 5.41) is 3.20. The average Bonchev–Trinajstić information content (AvgIpc) is 3.13. The Morgan fingerprint density at radius 1 is 0.966 bits per heavy atom. The maximum atomic E-state index is 12.9. The molecule has 1 N–H and O–H groups in total. The summed E-state index contributed by atoms with van der Waals surface area (Å²) in [7, 11) is 0. The molecule has 0 saturated heterocycles. The van der Waals surface area contributed by atoms with Crippen molar-refractivity contribution in [2.75, 3.05) is 0 Å². The smallest absolute Gasteiger partial charge is 0.251 e. The highest BCUT2D eigenvalue weighted by Gasteiger charge is 2.23. The van der Waals surface area contributed by atoms with Crippen molar-refractivity contribution in [1.82, 2.24) is 14.9 Å². The summed E-state index contributed by atoms with van der Waals surface area (Å²) in [6, 6.07) is 27.2. The standard InChI is InChI=1S/C25H23N3O/c1-2-17-28-23-16-10-9-15-21(23)26-24(28)22(18-19-11-5-3-6-12-19)27-25(29)20-13-7-4-8-14-20/h2-16,22H,1,17-18H2,(H,27,29). The Labute approximate surface area is 170 Å². The molecule has 1 atom stereocenters. The highest BCUT2D eigenvalue weighted by Crippen LogP contribution is 2.24. The lowest BCUT2D eigenvalue weighted by Gasteiger charge is -2.20. The Morgan fingerprint density at radius 2 is 1.62 bits per heavy atom. The summed E-state index contributed by atoms with van der Waals surface area (Å²) in [6.07, 6.45) is 2.51. The molecular formula is C25H23N3O. The summed E-state index contributed by atoms with van der Waals surface area (Å²) in [5.41, 5.74) is 3.73. The van der Waals surface area contributed by atoms with Crippen LogP contribution in [0.1, 0.15) is 27.8 Å². The molecule has 0 saturated carbocycles. The maximum absolute atomic E-state index is 12.9. The summed E-state index contributed by atoms with van der Waals surface area (Å²) >= 11 is 0. The molecule has 4 heteroatoms. The van der Waals surface area contributed by atoms with Gasteiger partial charge in [-0.05, 0) is 36.2 Å². The highest BCUT2D eigenvalue weighted by atomic mass is 16.1.